The number of hydrogen-bond acceptors (Lipinski definition) is 7. The van der Waals surface area contributed by atoms with Crippen molar-refractivity contribution in [1.29, 1.82) is 0 Å². The molecular weight excluding hydrogens is 466 g/mol. The van der Waals surface area contributed by atoms with E-state index in [0.717, 1.165) is 24.3 Å². The molecule has 0 aliphatic carbocycles. The number of nitrogens with one attached hydrogen (secondary N) is 1. The standard InChI is InChI=1S/C26H28F2N6O2/c1-33(2)14-17-11-16(3-4-21(17)34-7-9-36-10-8-34)22-24(28)32-25(29)23(31-22)19-12-15-5-6-30-26(35)18(15)13-20(19)27/h3-4,11-13H,5-10,14H2,1-2H3,(H2,29,32)(H,30,35). The van der Waals surface area contributed by atoms with Crippen molar-refractivity contribution < 1.29 is 18.3 Å². The van der Waals surface area contributed by atoms with Crippen molar-refractivity contribution in [2.24, 2.45) is 0 Å². The predicted molar refractivity (Wildman–Crippen MR) is 134 cm³/mol. The van der Waals surface area contributed by atoms with Crippen molar-refractivity contribution in [3.05, 3.63) is 58.8 Å². The van der Waals surface area contributed by atoms with Crippen molar-refractivity contribution in [1.82, 2.24) is 20.2 Å². The third-order valence-electron chi connectivity index (χ3n) is 6.44. The van der Waals surface area contributed by atoms with Gasteiger partial charge in [-0.1, -0.05) is 6.07 Å². The summed E-state index contributed by atoms with van der Waals surface area (Å²) in [6.45, 7) is 3.94. The van der Waals surface area contributed by atoms with Gasteiger partial charge in [0.05, 0.1) is 13.2 Å². The molecule has 2 aliphatic rings. The fourth-order valence-electron chi connectivity index (χ4n) is 4.75. The molecule has 5 rings (SSSR count). The number of hydrogen-bond donors (Lipinski definition) is 2. The third kappa shape index (κ3) is 4.61. The average Bonchev–Trinajstić information content (AvgIpc) is 2.85. The maximum absolute atomic E-state index is 15.1. The SMILES string of the molecule is CN(C)Cc1cc(-c2nc(-c3cc4c(cc3F)C(=O)NCC4)c(N)nc2F)ccc1N1CCOCC1. The van der Waals surface area contributed by atoms with E-state index in [0.29, 0.717) is 43.9 Å². The molecule has 1 amide bonds. The minimum Gasteiger partial charge on any atom is -0.382 e. The van der Waals surface area contributed by atoms with Crippen molar-refractivity contribution in [3.63, 3.8) is 0 Å². The van der Waals surface area contributed by atoms with Crippen LogP contribution in [0.25, 0.3) is 22.5 Å². The summed E-state index contributed by atoms with van der Waals surface area (Å²) in [4.78, 5) is 24.7. The lowest BCUT2D eigenvalue weighted by atomic mass is 9.96. The van der Waals surface area contributed by atoms with Gasteiger partial charge in [-0.3, -0.25) is 4.79 Å². The van der Waals surface area contributed by atoms with Gasteiger partial charge in [0.15, 0.2) is 5.82 Å². The molecule has 3 aromatic rings. The molecule has 0 spiro atoms. The number of rotatable bonds is 5. The fraction of sp³-hybridized carbons (Fsp3) is 0.346. The molecule has 1 fully saturated rings. The van der Waals surface area contributed by atoms with Gasteiger partial charge in [0.2, 0.25) is 5.95 Å². The second-order valence-corrected chi connectivity index (χ2v) is 9.27. The largest absolute Gasteiger partial charge is 0.382 e. The van der Waals surface area contributed by atoms with Gasteiger partial charge in [-0.25, -0.2) is 9.37 Å². The van der Waals surface area contributed by atoms with Crippen LogP contribution in [0.15, 0.2) is 30.3 Å². The number of nitrogen functional groups attached to an aromatic ring is 1. The minimum atomic E-state index is -0.830. The normalized spacial score (nSPS) is 15.7. The van der Waals surface area contributed by atoms with Crippen molar-refractivity contribution in [3.8, 4) is 22.5 Å². The van der Waals surface area contributed by atoms with Gasteiger partial charge in [-0.15, -0.1) is 0 Å². The molecule has 2 aliphatic heterocycles. The molecule has 8 nitrogen and oxygen atoms in total. The van der Waals surface area contributed by atoms with Crippen LogP contribution in [0, 0.1) is 11.8 Å². The topological polar surface area (TPSA) is 96.6 Å². The molecule has 1 aromatic heterocycles. The quantitative estimate of drug-likeness (QED) is 0.563. The molecule has 3 heterocycles. The van der Waals surface area contributed by atoms with Gasteiger partial charge in [0.25, 0.3) is 5.91 Å². The van der Waals surface area contributed by atoms with Gasteiger partial charge in [-0.05, 0) is 55.9 Å². The van der Waals surface area contributed by atoms with Crippen LogP contribution in [0.4, 0.5) is 20.3 Å². The Morgan fingerprint density at radius 2 is 1.86 bits per heavy atom. The van der Waals surface area contributed by atoms with Gasteiger partial charge in [-0.2, -0.15) is 9.37 Å². The van der Waals surface area contributed by atoms with Gasteiger partial charge in [0, 0.05) is 48.6 Å². The van der Waals surface area contributed by atoms with Crippen LogP contribution in [0.1, 0.15) is 21.5 Å². The van der Waals surface area contributed by atoms with Crippen LogP contribution < -0.4 is 16.0 Å². The maximum atomic E-state index is 15.1. The Bertz CT molecular complexity index is 1320. The highest BCUT2D eigenvalue weighted by Crippen LogP contribution is 2.34. The summed E-state index contributed by atoms with van der Waals surface area (Å²) >= 11 is 0. The number of benzene rings is 2. The number of ether oxygens (including phenoxy) is 1. The molecule has 188 valence electrons. The number of fused-ring (bicyclic) bond motifs is 1. The highest BCUT2D eigenvalue weighted by atomic mass is 19.1. The second kappa shape index (κ2) is 9.79. The first kappa shape index (κ1) is 24.1. The van der Waals surface area contributed by atoms with Gasteiger partial charge >= 0.3 is 0 Å². The van der Waals surface area contributed by atoms with Crippen molar-refractivity contribution >= 4 is 17.4 Å². The lowest BCUT2D eigenvalue weighted by molar-refractivity contribution is 0.0945. The number of aromatic nitrogens is 2. The number of morpholine rings is 1. The zero-order valence-corrected chi connectivity index (χ0v) is 20.3. The molecule has 36 heavy (non-hydrogen) atoms. The Labute approximate surface area is 208 Å². The number of anilines is 2. The summed E-state index contributed by atoms with van der Waals surface area (Å²) in [5.74, 6) is -2.03. The molecule has 3 N–H and O–H groups in total. The summed E-state index contributed by atoms with van der Waals surface area (Å²) in [6, 6.07) is 8.38. The van der Waals surface area contributed by atoms with E-state index in [1.54, 1.807) is 12.1 Å². The van der Waals surface area contributed by atoms with Crippen molar-refractivity contribution in [2.45, 2.75) is 13.0 Å². The molecule has 10 heteroatoms. The third-order valence-corrected chi connectivity index (χ3v) is 6.44. The first-order chi connectivity index (χ1) is 17.3. The Hall–Kier alpha value is -3.63. The van der Waals surface area contributed by atoms with Crippen LogP contribution in [0.3, 0.4) is 0 Å². The maximum Gasteiger partial charge on any atom is 0.251 e. The highest BCUT2D eigenvalue weighted by Gasteiger charge is 2.24. The van der Waals surface area contributed by atoms with E-state index in [2.05, 4.69) is 20.2 Å². The summed E-state index contributed by atoms with van der Waals surface area (Å²) in [5, 5.41) is 2.70. The molecule has 2 aromatic carbocycles. The molecule has 0 unspecified atom stereocenters. The van der Waals surface area contributed by atoms with E-state index >= 15 is 8.78 Å². The zero-order valence-electron chi connectivity index (χ0n) is 20.3. The first-order valence-corrected chi connectivity index (χ1v) is 11.9. The van der Waals surface area contributed by atoms with Crippen LogP contribution in [0.5, 0.6) is 0 Å². The summed E-state index contributed by atoms with van der Waals surface area (Å²) in [7, 11) is 3.94. The number of carbonyl (C=O) groups excluding carboxylic acids is 1. The van der Waals surface area contributed by atoms with E-state index in [-0.39, 0.29) is 34.2 Å². The fourth-order valence-corrected chi connectivity index (χ4v) is 4.75. The summed E-state index contributed by atoms with van der Waals surface area (Å²) in [5.41, 5.74) is 9.68. The molecule has 0 bridgehead atoms. The number of carbonyl (C=O) groups is 1. The van der Waals surface area contributed by atoms with E-state index in [1.165, 1.54) is 6.07 Å². The minimum absolute atomic E-state index is 0.0115. The molecule has 0 radical (unpaired) electrons. The molecule has 0 atom stereocenters. The number of nitrogens with two attached hydrogens (primary N) is 1. The Morgan fingerprint density at radius 1 is 1.08 bits per heavy atom. The van der Waals surface area contributed by atoms with E-state index in [1.807, 2.05) is 31.1 Å². The van der Waals surface area contributed by atoms with Crippen LogP contribution in [-0.2, 0) is 17.7 Å². The first-order valence-electron chi connectivity index (χ1n) is 11.9. The van der Waals surface area contributed by atoms with Crippen molar-refractivity contribution in [2.75, 3.05) is 57.6 Å². The van der Waals surface area contributed by atoms with Gasteiger partial charge in [0.1, 0.15) is 17.2 Å². The van der Waals surface area contributed by atoms with E-state index < -0.39 is 11.8 Å². The average molecular weight is 495 g/mol. The Balaban J connectivity index is 1.59. The summed E-state index contributed by atoms with van der Waals surface area (Å²) < 4.78 is 35.7. The van der Waals surface area contributed by atoms with E-state index in [9.17, 15) is 4.79 Å². The van der Waals surface area contributed by atoms with Crippen LogP contribution in [0.2, 0.25) is 0 Å². The Kier molecular flexibility index (Phi) is 6.55. The molecule has 1 saturated heterocycles. The van der Waals surface area contributed by atoms with E-state index in [4.69, 9.17) is 10.5 Å². The van der Waals surface area contributed by atoms with Gasteiger partial charge < -0.3 is 25.6 Å². The highest BCUT2D eigenvalue weighted by molar-refractivity contribution is 5.97. The Morgan fingerprint density at radius 3 is 2.61 bits per heavy atom. The summed E-state index contributed by atoms with van der Waals surface area (Å²) in [6.07, 6.45) is 0.548. The lowest BCUT2D eigenvalue weighted by Crippen LogP contribution is -2.37. The molecule has 0 saturated carbocycles. The number of nitrogens with zero attached hydrogens (tertiary/aromatic N) is 4. The van der Waals surface area contributed by atoms with Crippen LogP contribution >= 0.6 is 0 Å². The van der Waals surface area contributed by atoms with Crippen LogP contribution in [-0.4, -0.2) is 67.7 Å². The molecular formula is C26H28F2N6O2. The smallest absolute Gasteiger partial charge is 0.251 e. The zero-order chi connectivity index (χ0) is 25.4. The second-order valence-electron chi connectivity index (χ2n) is 9.27. The number of halogens is 2. The number of amides is 1. The predicted octanol–water partition coefficient (Wildman–Crippen LogP) is 2.86. The lowest BCUT2D eigenvalue weighted by Gasteiger charge is -2.31. The monoisotopic (exact) mass is 494 g/mol.